The van der Waals surface area contributed by atoms with Gasteiger partial charge in [-0.15, -0.1) is 0 Å². The molecule has 0 spiro atoms. The number of rotatable bonds is 7. The zero-order chi connectivity index (χ0) is 36.6. The van der Waals surface area contributed by atoms with Crippen LogP contribution in [0.4, 0.5) is 15.3 Å². The molecule has 1 atom stereocenters. The van der Waals surface area contributed by atoms with Gasteiger partial charge in [0.2, 0.25) is 6.10 Å². The van der Waals surface area contributed by atoms with E-state index in [1.54, 1.807) is 18.0 Å². The standard InChI is InChI=1S/C39H52N6O7/c1-4-39(50)14-21-45(22-15-39,30-9-16-40-17-10-30)35(46)33(25-27-23-26(2)34-32(24-27)51-37(48)42(34)3)52-38(49)43-18-12-29(13-19-43)44-20-11-28-7-5-6-8-31(28)41-36(44)47/h5-8,23-24,29-30,33,40,50H,4,9-22,25H2,1-3H3/p+1/t33-,39?,45?/m1/s1. The molecular weight excluding hydrogens is 664 g/mol. The zero-order valence-electron chi connectivity index (χ0n) is 30.7. The van der Waals surface area contributed by atoms with Gasteiger partial charge in [0.1, 0.15) is 0 Å². The fraction of sp³-hybridized carbons (Fsp3) is 0.590. The summed E-state index contributed by atoms with van der Waals surface area (Å²) in [6.45, 7) is 7.87. The highest BCUT2D eigenvalue weighted by Gasteiger charge is 2.53. The van der Waals surface area contributed by atoms with E-state index in [1.807, 2.05) is 49.1 Å². The molecule has 0 radical (unpaired) electrons. The quantitative estimate of drug-likeness (QED) is 0.310. The van der Waals surface area contributed by atoms with Crippen molar-refractivity contribution in [1.82, 2.24) is 19.7 Å². The molecule has 52 heavy (non-hydrogen) atoms. The molecule has 4 aliphatic rings. The second-order valence-corrected chi connectivity index (χ2v) is 15.4. The van der Waals surface area contributed by atoms with Crippen LogP contribution in [0.5, 0.6) is 0 Å². The van der Waals surface area contributed by atoms with E-state index in [4.69, 9.17) is 9.15 Å². The van der Waals surface area contributed by atoms with Gasteiger partial charge in [0, 0.05) is 83.6 Å². The number of hydrogen-bond acceptors (Lipinski definition) is 8. The second-order valence-electron chi connectivity index (χ2n) is 15.4. The highest BCUT2D eigenvalue weighted by Crippen LogP contribution is 2.36. The Labute approximate surface area is 304 Å². The number of urea groups is 1. The monoisotopic (exact) mass is 717 g/mol. The maximum atomic E-state index is 15.1. The number of nitrogens with one attached hydrogen (secondary N) is 2. The average molecular weight is 718 g/mol. The molecule has 3 fully saturated rings. The van der Waals surface area contributed by atoms with Gasteiger partial charge in [0.05, 0.1) is 30.2 Å². The lowest BCUT2D eigenvalue weighted by Crippen LogP contribution is -2.69. The van der Waals surface area contributed by atoms with Crippen molar-refractivity contribution >= 4 is 34.8 Å². The minimum atomic E-state index is -1.09. The lowest BCUT2D eigenvalue weighted by molar-refractivity contribution is -0.889. The number of piperidine rings is 3. The Kier molecular flexibility index (Phi) is 10.2. The Morgan fingerprint density at radius 3 is 2.48 bits per heavy atom. The zero-order valence-corrected chi connectivity index (χ0v) is 30.7. The lowest BCUT2D eigenvalue weighted by atomic mass is 9.84. The van der Waals surface area contributed by atoms with E-state index in [-0.39, 0.29) is 34.9 Å². The van der Waals surface area contributed by atoms with E-state index >= 15 is 4.79 Å². The molecular formula is C39H53N6O7+. The summed E-state index contributed by atoms with van der Waals surface area (Å²) < 4.78 is 13.5. The normalized spacial score (nSPS) is 25.3. The first-order chi connectivity index (χ1) is 25.0. The first kappa shape index (κ1) is 36.2. The van der Waals surface area contributed by atoms with Crippen LogP contribution >= 0.6 is 0 Å². The van der Waals surface area contributed by atoms with Crippen LogP contribution in [0.25, 0.3) is 11.1 Å². The van der Waals surface area contributed by atoms with Crippen molar-refractivity contribution in [3.8, 4) is 0 Å². The van der Waals surface area contributed by atoms with Gasteiger partial charge in [-0.05, 0) is 61.4 Å². The first-order valence-electron chi connectivity index (χ1n) is 19.0. The van der Waals surface area contributed by atoms with Crippen LogP contribution in [-0.4, -0.2) is 112 Å². The largest absolute Gasteiger partial charge is 0.431 e. The number of carbonyl (C=O) groups excluding carboxylic acids is 3. The predicted molar refractivity (Wildman–Crippen MR) is 196 cm³/mol. The van der Waals surface area contributed by atoms with Crippen LogP contribution in [0.2, 0.25) is 0 Å². The summed E-state index contributed by atoms with van der Waals surface area (Å²) in [6, 6.07) is 11.5. The van der Waals surface area contributed by atoms with Crippen molar-refractivity contribution in [3.63, 3.8) is 0 Å². The van der Waals surface area contributed by atoms with Crippen LogP contribution in [0.3, 0.4) is 0 Å². The van der Waals surface area contributed by atoms with E-state index in [0.29, 0.717) is 75.9 Å². The number of para-hydroxylation sites is 1. The fourth-order valence-electron chi connectivity index (χ4n) is 9.15. The number of likely N-dealkylation sites (tertiary alicyclic amines) is 2. The van der Waals surface area contributed by atoms with Gasteiger partial charge in [0.15, 0.2) is 5.58 Å². The highest BCUT2D eigenvalue weighted by molar-refractivity contribution is 5.91. The van der Waals surface area contributed by atoms with E-state index in [1.165, 1.54) is 4.57 Å². The number of aliphatic hydroxyl groups is 1. The molecule has 3 aromatic rings. The summed E-state index contributed by atoms with van der Waals surface area (Å²) in [5.41, 5.74) is 3.82. The Balaban J connectivity index is 1.12. The van der Waals surface area contributed by atoms with Crippen molar-refractivity contribution in [2.24, 2.45) is 7.05 Å². The maximum absolute atomic E-state index is 15.1. The molecule has 7 rings (SSSR count). The number of aryl methyl sites for hydroxylation is 2. The van der Waals surface area contributed by atoms with Gasteiger partial charge >= 0.3 is 23.8 Å². The van der Waals surface area contributed by atoms with Gasteiger partial charge < -0.3 is 34.7 Å². The molecule has 2 aromatic carbocycles. The molecule has 0 saturated carbocycles. The number of ether oxygens (including phenoxy) is 1. The van der Waals surface area contributed by atoms with Crippen LogP contribution in [0, 0.1) is 6.92 Å². The second kappa shape index (κ2) is 14.7. The predicted octanol–water partition coefficient (Wildman–Crippen LogP) is 4.07. The van der Waals surface area contributed by atoms with Crippen molar-refractivity contribution in [3.05, 3.63) is 63.6 Å². The molecule has 3 saturated heterocycles. The SMILES string of the molecule is CCC1(O)CC[N+](C(=O)[C@@H](Cc2cc(C)c3c(c2)oc(=O)n3C)OC(=O)N2CCC(N3CCc4ccccc4NC3=O)CC2)(C2CCNCC2)CC1. The highest BCUT2D eigenvalue weighted by atomic mass is 16.6. The number of nitrogens with zero attached hydrogens (tertiary/aromatic N) is 4. The molecule has 5 heterocycles. The topological polar surface area (TPSA) is 146 Å². The minimum Gasteiger partial charge on any atom is -0.431 e. The molecule has 0 unspecified atom stereocenters. The van der Waals surface area contributed by atoms with Crippen LogP contribution < -0.4 is 16.4 Å². The smallest absolute Gasteiger partial charge is 0.419 e. The third kappa shape index (κ3) is 6.97. The molecule has 0 bridgehead atoms. The van der Waals surface area contributed by atoms with Crippen molar-refractivity contribution in [2.45, 2.75) is 95.4 Å². The van der Waals surface area contributed by atoms with E-state index in [2.05, 4.69) is 10.6 Å². The van der Waals surface area contributed by atoms with Crippen molar-refractivity contribution in [2.75, 3.05) is 51.1 Å². The molecule has 4 amide bonds. The van der Waals surface area contributed by atoms with E-state index < -0.39 is 23.6 Å². The van der Waals surface area contributed by atoms with E-state index in [0.717, 1.165) is 54.7 Å². The lowest BCUT2D eigenvalue weighted by Gasteiger charge is -2.50. The number of amides is 4. The molecule has 4 aliphatic heterocycles. The summed E-state index contributed by atoms with van der Waals surface area (Å²) >= 11 is 0. The number of benzene rings is 2. The fourth-order valence-corrected chi connectivity index (χ4v) is 9.15. The maximum Gasteiger partial charge on any atom is 0.419 e. The average Bonchev–Trinajstić information content (AvgIpc) is 3.33. The summed E-state index contributed by atoms with van der Waals surface area (Å²) in [5, 5.41) is 17.7. The van der Waals surface area contributed by atoms with Gasteiger partial charge in [-0.25, -0.2) is 19.2 Å². The van der Waals surface area contributed by atoms with Crippen LogP contribution in [0.1, 0.15) is 68.6 Å². The number of oxazole rings is 1. The summed E-state index contributed by atoms with van der Waals surface area (Å²) in [4.78, 5) is 58.3. The Morgan fingerprint density at radius 2 is 1.77 bits per heavy atom. The van der Waals surface area contributed by atoms with Crippen molar-refractivity contribution in [1.29, 1.82) is 0 Å². The number of carbonyl (C=O) groups is 3. The van der Waals surface area contributed by atoms with E-state index in [9.17, 15) is 19.5 Å². The van der Waals surface area contributed by atoms with Crippen LogP contribution in [0.15, 0.2) is 45.6 Å². The van der Waals surface area contributed by atoms with Gasteiger partial charge in [-0.1, -0.05) is 31.2 Å². The molecule has 3 N–H and O–H groups in total. The number of aromatic nitrogens is 1. The van der Waals surface area contributed by atoms with Gasteiger partial charge in [-0.2, -0.15) is 0 Å². The third-order valence-corrected chi connectivity index (χ3v) is 12.4. The number of fused-ring (bicyclic) bond motifs is 2. The summed E-state index contributed by atoms with van der Waals surface area (Å²) in [6.07, 6.45) is 3.73. The van der Waals surface area contributed by atoms with Crippen LogP contribution in [-0.2, 0) is 29.4 Å². The van der Waals surface area contributed by atoms with Gasteiger partial charge in [-0.3, -0.25) is 9.05 Å². The van der Waals surface area contributed by atoms with Crippen molar-refractivity contribution < 1.29 is 33.1 Å². The number of quaternary nitrogens is 1. The Hall–Kier alpha value is -4.20. The number of anilines is 1. The molecule has 13 nitrogen and oxygen atoms in total. The number of hydrogen-bond donors (Lipinski definition) is 3. The minimum absolute atomic E-state index is 0.0228. The third-order valence-electron chi connectivity index (χ3n) is 12.4. The molecule has 1 aromatic heterocycles. The summed E-state index contributed by atoms with van der Waals surface area (Å²) in [5.74, 6) is -0.603. The molecule has 280 valence electrons. The first-order valence-corrected chi connectivity index (χ1v) is 19.0. The Morgan fingerprint density at radius 1 is 1.06 bits per heavy atom. The van der Waals surface area contributed by atoms with Gasteiger partial charge in [0.25, 0.3) is 0 Å². The molecule has 13 heteroatoms. The summed E-state index contributed by atoms with van der Waals surface area (Å²) in [7, 11) is 1.66. The molecule has 0 aliphatic carbocycles. The Bertz CT molecular complexity index is 1860.